The lowest BCUT2D eigenvalue weighted by Gasteiger charge is -2.43. The molecule has 1 heterocycles. The SMILES string of the molecule is C=CCc1ccc(O[C@H]2O[C@H]([C@H](O)CCCO)[C@@H](O)[C@H](O)[C@@H]2OCC[C@H](CC)CO)cc1. The van der Waals surface area contributed by atoms with Gasteiger partial charge in [-0.15, -0.1) is 6.58 Å². The number of ether oxygens (including phenoxy) is 3. The molecule has 182 valence electrons. The highest BCUT2D eigenvalue weighted by Gasteiger charge is 2.48. The van der Waals surface area contributed by atoms with Gasteiger partial charge >= 0.3 is 0 Å². The monoisotopic (exact) mass is 454 g/mol. The maximum atomic E-state index is 10.8. The van der Waals surface area contributed by atoms with Gasteiger partial charge in [0.25, 0.3) is 0 Å². The molecule has 1 aliphatic rings. The molecular weight excluding hydrogens is 416 g/mol. The first-order valence-electron chi connectivity index (χ1n) is 11.3. The Bertz CT molecular complexity index is 648. The van der Waals surface area contributed by atoms with E-state index >= 15 is 0 Å². The smallest absolute Gasteiger partial charge is 0.229 e. The van der Waals surface area contributed by atoms with Gasteiger partial charge in [0.1, 0.15) is 30.2 Å². The Kier molecular flexibility index (Phi) is 11.6. The van der Waals surface area contributed by atoms with Gasteiger partial charge in [0.15, 0.2) is 0 Å². The molecule has 0 bridgehead atoms. The average Bonchev–Trinajstić information content (AvgIpc) is 2.80. The molecule has 0 spiro atoms. The van der Waals surface area contributed by atoms with E-state index in [1.54, 1.807) is 18.2 Å². The first-order chi connectivity index (χ1) is 15.4. The minimum atomic E-state index is -1.39. The van der Waals surface area contributed by atoms with Crippen LogP contribution in [-0.2, 0) is 15.9 Å². The van der Waals surface area contributed by atoms with E-state index in [4.69, 9.17) is 19.3 Å². The third kappa shape index (κ3) is 7.52. The van der Waals surface area contributed by atoms with Crippen LogP contribution in [0.5, 0.6) is 5.75 Å². The molecule has 1 aromatic carbocycles. The first-order valence-corrected chi connectivity index (χ1v) is 11.3. The topological polar surface area (TPSA) is 129 Å². The zero-order chi connectivity index (χ0) is 23.5. The van der Waals surface area contributed by atoms with E-state index in [1.807, 2.05) is 19.1 Å². The van der Waals surface area contributed by atoms with E-state index < -0.39 is 36.8 Å². The molecule has 32 heavy (non-hydrogen) atoms. The third-order valence-corrected chi connectivity index (χ3v) is 5.85. The Morgan fingerprint density at radius 2 is 1.84 bits per heavy atom. The third-order valence-electron chi connectivity index (χ3n) is 5.85. The Balaban J connectivity index is 2.15. The normalized spacial score (nSPS) is 27.6. The second kappa shape index (κ2) is 13.9. The Morgan fingerprint density at radius 3 is 2.44 bits per heavy atom. The highest BCUT2D eigenvalue weighted by Crippen LogP contribution is 2.29. The van der Waals surface area contributed by atoms with Gasteiger partial charge in [0.05, 0.1) is 6.10 Å². The standard InChI is InChI=1S/C24H38O8/c1-3-6-17-8-10-18(11-9-17)31-24-23(30-14-12-16(4-2)15-26)21(29)20(28)22(32-24)19(27)7-5-13-25/h3,8-11,16,19-29H,1,4-7,12-15H2,2H3/t16-,19+,20-,21-,22+,23-,24-/m0/s1. The van der Waals surface area contributed by atoms with Crippen molar-refractivity contribution in [2.75, 3.05) is 19.8 Å². The molecule has 8 nitrogen and oxygen atoms in total. The molecule has 5 N–H and O–H groups in total. The Morgan fingerprint density at radius 1 is 1.12 bits per heavy atom. The van der Waals surface area contributed by atoms with E-state index in [9.17, 15) is 20.4 Å². The molecule has 1 aliphatic heterocycles. The van der Waals surface area contributed by atoms with Crippen LogP contribution in [0.15, 0.2) is 36.9 Å². The van der Waals surface area contributed by atoms with E-state index in [2.05, 4.69) is 6.58 Å². The van der Waals surface area contributed by atoms with Gasteiger partial charge in [0.2, 0.25) is 6.29 Å². The number of allylic oxidation sites excluding steroid dienone is 1. The van der Waals surface area contributed by atoms with E-state index in [1.165, 1.54) is 0 Å². The van der Waals surface area contributed by atoms with Crippen LogP contribution in [0.2, 0.25) is 0 Å². The van der Waals surface area contributed by atoms with Crippen LogP contribution in [0.1, 0.15) is 38.2 Å². The van der Waals surface area contributed by atoms with Crippen molar-refractivity contribution in [2.45, 2.75) is 75.8 Å². The molecule has 7 atom stereocenters. The van der Waals surface area contributed by atoms with E-state index in [0.29, 0.717) is 18.6 Å². The molecule has 0 aromatic heterocycles. The zero-order valence-corrected chi connectivity index (χ0v) is 18.8. The molecule has 0 unspecified atom stereocenters. The lowest BCUT2D eigenvalue weighted by atomic mass is 9.93. The molecule has 1 aromatic rings. The summed E-state index contributed by atoms with van der Waals surface area (Å²) in [6.07, 6.45) is -2.55. The van der Waals surface area contributed by atoms with Crippen LogP contribution in [0, 0.1) is 5.92 Å². The molecule has 1 saturated heterocycles. The van der Waals surface area contributed by atoms with Crippen LogP contribution >= 0.6 is 0 Å². The fourth-order valence-corrected chi connectivity index (χ4v) is 3.72. The van der Waals surface area contributed by atoms with Gasteiger partial charge in [-0.05, 0) is 49.3 Å². The van der Waals surface area contributed by atoms with E-state index in [0.717, 1.165) is 18.4 Å². The predicted molar refractivity (Wildman–Crippen MR) is 119 cm³/mol. The Labute approximate surface area is 190 Å². The number of hydrogen-bond donors (Lipinski definition) is 5. The summed E-state index contributed by atoms with van der Waals surface area (Å²) >= 11 is 0. The minimum absolute atomic E-state index is 0.0440. The highest BCUT2D eigenvalue weighted by molar-refractivity contribution is 5.28. The number of rotatable bonds is 14. The molecule has 8 heteroatoms. The maximum absolute atomic E-state index is 10.8. The summed E-state index contributed by atoms with van der Waals surface area (Å²) in [4.78, 5) is 0. The van der Waals surface area contributed by atoms with Crippen molar-refractivity contribution < 1.29 is 39.7 Å². The van der Waals surface area contributed by atoms with Gasteiger partial charge in [-0.25, -0.2) is 0 Å². The lowest BCUT2D eigenvalue weighted by molar-refractivity contribution is -0.298. The molecule has 0 aliphatic carbocycles. The summed E-state index contributed by atoms with van der Waals surface area (Å²) in [6.45, 7) is 5.88. The summed E-state index contributed by atoms with van der Waals surface area (Å²) in [6, 6.07) is 7.32. The second-order valence-corrected chi connectivity index (χ2v) is 8.22. The fourth-order valence-electron chi connectivity index (χ4n) is 3.72. The van der Waals surface area contributed by atoms with Crippen molar-refractivity contribution in [3.05, 3.63) is 42.5 Å². The van der Waals surface area contributed by atoms with Crippen molar-refractivity contribution in [2.24, 2.45) is 5.92 Å². The van der Waals surface area contributed by atoms with Crippen LogP contribution < -0.4 is 4.74 Å². The van der Waals surface area contributed by atoms with Gasteiger partial charge in [-0.2, -0.15) is 0 Å². The number of benzene rings is 1. The van der Waals surface area contributed by atoms with Gasteiger partial charge in [-0.1, -0.05) is 31.6 Å². The molecule has 0 radical (unpaired) electrons. The van der Waals surface area contributed by atoms with Gasteiger partial charge < -0.3 is 39.7 Å². The van der Waals surface area contributed by atoms with Crippen LogP contribution in [0.25, 0.3) is 0 Å². The average molecular weight is 455 g/mol. The summed E-state index contributed by atoms with van der Waals surface area (Å²) < 4.78 is 17.7. The zero-order valence-electron chi connectivity index (χ0n) is 18.8. The van der Waals surface area contributed by atoms with Crippen molar-refractivity contribution in [1.82, 2.24) is 0 Å². The quantitative estimate of drug-likeness (QED) is 0.265. The predicted octanol–water partition coefficient (Wildman–Crippen LogP) is 1.17. The van der Waals surface area contributed by atoms with Gasteiger partial charge in [-0.3, -0.25) is 0 Å². The number of aliphatic hydroxyl groups excluding tert-OH is 5. The van der Waals surface area contributed by atoms with Crippen LogP contribution in [0.3, 0.4) is 0 Å². The summed E-state index contributed by atoms with van der Waals surface area (Å²) in [5.74, 6) is 0.566. The Hall–Kier alpha value is -1.52. The summed E-state index contributed by atoms with van der Waals surface area (Å²) in [7, 11) is 0. The largest absolute Gasteiger partial charge is 0.462 e. The van der Waals surface area contributed by atoms with E-state index in [-0.39, 0.29) is 32.2 Å². The molecule has 0 saturated carbocycles. The number of aliphatic hydroxyl groups is 5. The van der Waals surface area contributed by atoms with Crippen molar-refractivity contribution >= 4 is 0 Å². The molecule has 2 rings (SSSR count). The lowest BCUT2D eigenvalue weighted by Crippen LogP contribution is -2.62. The maximum Gasteiger partial charge on any atom is 0.229 e. The first kappa shape index (κ1) is 26.7. The molecule has 0 amide bonds. The summed E-state index contributed by atoms with van der Waals surface area (Å²) in [5, 5.41) is 50.2. The minimum Gasteiger partial charge on any atom is -0.462 e. The van der Waals surface area contributed by atoms with Gasteiger partial charge in [0, 0.05) is 19.8 Å². The highest BCUT2D eigenvalue weighted by atomic mass is 16.7. The van der Waals surface area contributed by atoms with Crippen LogP contribution in [0.4, 0.5) is 0 Å². The molecular formula is C24H38O8. The van der Waals surface area contributed by atoms with Crippen molar-refractivity contribution in [3.63, 3.8) is 0 Å². The van der Waals surface area contributed by atoms with Crippen LogP contribution in [-0.4, -0.2) is 82.2 Å². The fraction of sp³-hybridized carbons (Fsp3) is 0.667. The number of hydrogen-bond acceptors (Lipinski definition) is 8. The summed E-state index contributed by atoms with van der Waals surface area (Å²) in [5.41, 5.74) is 1.06. The van der Waals surface area contributed by atoms with Crippen molar-refractivity contribution in [1.29, 1.82) is 0 Å². The molecule has 1 fully saturated rings. The second-order valence-electron chi connectivity index (χ2n) is 8.22. The van der Waals surface area contributed by atoms with Crippen molar-refractivity contribution in [3.8, 4) is 5.75 Å².